The first-order chi connectivity index (χ1) is 8.00. The first-order valence-corrected chi connectivity index (χ1v) is 5.28. The molecule has 2 rings (SSSR count). The minimum atomic E-state index is -1.32. The minimum Gasteiger partial charge on any atom is -0.258 e. The van der Waals surface area contributed by atoms with E-state index in [1.54, 1.807) is 0 Å². The Hall–Kier alpha value is -1.67. The van der Waals surface area contributed by atoms with Gasteiger partial charge in [0.25, 0.3) is 0 Å². The lowest BCUT2D eigenvalue weighted by molar-refractivity contribution is -0.387. The predicted molar refractivity (Wildman–Crippen MR) is 56.9 cm³/mol. The highest BCUT2D eigenvalue weighted by molar-refractivity contribution is 7.10. The number of benzene rings is 1. The van der Waals surface area contributed by atoms with Crippen molar-refractivity contribution in [2.24, 2.45) is 0 Å². The van der Waals surface area contributed by atoms with Crippen LogP contribution in [0.2, 0.25) is 4.47 Å². The second-order valence-corrected chi connectivity index (χ2v) is 4.22. The number of hydrogen-bond acceptors (Lipinski definition) is 5. The molecule has 0 aliphatic rings. The zero-order valence-corrected chi connectivity index (χ0v) is 9.43. The number of nitro benzene ring substituents is 1. The zero-order chi connectivity index (χ0) is 12.6. The summed E-state index contributed by atoms with van der Waals surface area (Å²) < 4.78 is 30.7. The maximum atomic E-state index is 13.7. The molecule has 0 saturated carbocycles. The van der Waals surface area contributed by atoms with Gasteiger partial charge in [0.1, 0.15) is 5.82 Å². The third kappa shape index (κ3) is 2.08. The highest BCUT2D eigenvalue weighted by atomic mass is 35.5. The van der Waals surface area contributed by atoms with Crippen molar-refractivity contribution in [2.75, 3.05) is 0 Å². The summed E-state index contributed by atoms with van der Waals surface area (Å²) in [4.78, 5) is 13.1. The molecule has 0 saturated heterocycles. The van der Waals surface area contributed by atoms with E-state index < -0.39 is 27.8 Å². The van der Waals surface area contributed by atoms with Crippen molar-refractivity contribution >= 4 is 28.8 Å². The molecule has 0 bridgehead atoms. The van der Waals surface area contributed by atoms with Gasteiger partial charge in [-0.25, -0.2) is 9.37 Å². The van der Waals surface area contributed by atoms with Crippen molar-refractivity contribution in [3.8, 4) is 11.4 Å². The predicted octanol–water partition coefficient (Wildman–Crippen LogP) is 3.04. The van der Waals surface area contributed by atoms with E-state index in [1.165, 1.54) is 0 Å². The van der Waals surface area contributed by atoms with E-state index in [-0.39, 0.29) is 10.3 Å². The summed E-state index contributed by atoms with van der Waals surface area (Å²) in [5.41, 5.74) is -1.49. The topological polar surface area (TPSA) is 68.9 Å². The van der Waals surface area contributed by atoms with Crippen molar-refractivity contribution in [1.82, 2.24) is 9.36 Å². The Morgan fingerprint density at radius 3 is 2.65 bits per heavy atom. The SMILES string of the molecule is O=[N+]([O-])c1ccc(F)c(-c2nsc(Cl)n2)c1F. The van der Waals surface area contributed by atoms with Crippen molar-refractivity contribution < 1.29 is 13.7 Å². The summed E-state index contributed by atoms with van der Waals surface area (Å²) in [5, 5.41) is 10.5. The molecule has 0 aliphatic carbocycles. The molecule has 1 aromatic heterocycles. The standard InChI is InChI=1S/C8H2ClF2N3O2S/c9-8-12-7(13-17-8)5-3(10)1-2-4(6(5)11)14(15)16/h1-2H. The van der Waals surface area contributed by atoms with Gasteiger partial charge < -0.3 is 0 Å². The fraction of sp³-hybridized carbons (Fsp3) is 0. The summed E-state index contributed by atoms with van der Waals surface area (Å²) in [6, 6.07) is 1.52. The molecule has 9 heteroatoms. The van der Waals surface area contributed by atoms with Gasteiger partial charge in [-0.15, -0.1) is 0 Å². The van der Waals surface area contributed by atoms with Gasteiger partial charge in [-0.1, -0.05) is 0 Å². The van der Waals surface area contributed by atoms with Gasteiger partial charge in [0, 0.05) is 6.07 Å². The van der Waals surface area contributed by atoms with Crippen LogP contribution in [0.25, 0.3) is 11.4 Å². The maximum absolute atomic E-state index is 13.7. The van der Waals surface area contributed by atoms with E-state index in [1.807, 2.05) is 0 Å². The highest BCUT2D eigenvalue weighted by Crippen LogP contribution is 2.31. The van der Waals surface area contributed by atoms with E-state index in [2.05, 4.69) is 9.36 Å². The third-order valence-corrected chi connectivity index (χ3v) is 2.69. The number of nitrogens with zero attached hydrogens (tertiary/aromatic N) is 3. The quantitative estimate of drug-likeness (QED) is 0.625. The zero-order valence-electron chi connectivity index (χ0n) is 7.85. The van der Waals surface area contributed by atoms with Gasteiger partial charge in [0.15, 0.2) is 5.82 Å². The van der Waals surface area contributed by atoms with Gasteiger partial charge in [-0.2, -0.15) is 8.76 Å². The van der Waals surface area contributed by atoms with Crippen LogP contribution >= 0.6 is 23.1 Å². The monoisotopic (exact) mass is 277 g/mol. The van der Waals surface area contributed by atoms with Crippen LogP contribution in [-0.4, -0.2) is 14.3 Å². The van der Waals surface area contributed by atoms with Gasteiger partial charge in [-0.05, 0) is 29.2 Å². The summed E-state index contributed by atoms with van der Waals surface area (Å²) in [6.45, 7) is 0. The fourth-order valence-corrected chi connectivity index (χ4v) is 1.80. The lowest BCUT2D eigenvalue weighted by atomic mass is 10.1. The molecule has 0 N–H and O–H groups in total. The van der Waals surface area contributed by atoms with Gasteiger partial charge >= 0.3 is 5.69 Å². The number of halogens is 3. The molecule has 17 heavy (non-hydrogen) atoms. The lowest BCUT2D eigenvalue weighted by Gasteiger charge is -2.00. The summed E-state index contributed by atoms with van der Waals surface area (Å²) in [6.07, 6.45) is 0. The Labute approximate surface area is 102 Å². The van der Waals surface area contributed by atoms with E-state index >= 15 is 0 Å². The van der Waals surface area contributed by atoms with Crippen molar-refractivity contribution in [1.29, 1.82) is 0 Å². The van der Waals surface area contributed by atoms with Crippen molar-refractivity contribution in [3.63, 3.8) is 0 Å². The molecule has 0 unspecified atom stereocenters. The normalized spacial score (nSPS) is 10.5. The maximum Gasteiger partial charge on any atom is 0.305 e. The smallest absolute Gasteiger partial charge is 0.258 e. The largest absolute Gasteiger partial charge is 0.305 e. The Bertz CT molecular complexity index is 604. The van der Waals surface area contributed by atoms with Crippen molar-refractivity contribution in [3.05, 3.63) is 38.3 Å². The Balaban J connectivity index is 2.68. The Morgan fingerprint density at radius 2 is 2.12 bits per heavy atom. The molecule has 0 fully saturated rings. The van der Waals surface area contributed by atoms with Crippen LogP contribution in [0.15, 0.2) is 12.1 Å². The molecule has 0 aliphatic heterocycles. The molecule has 0 atom stereocenters. The van der Waals surface area contributed by atoms with Crippen LogP contribution < -0.4 is 0 Å². The number of rotatable bonds is 2. The fourth-order valence-electron chi connectivity index (χ4n) is 1.19. The van der Waals surface area contributed by atoms with E-state index in [9.17, 15) is 18.9 Å². The Morgan fingerprint density at radius 1 is 1.41 bits per heavy atom. The Kier molecular flexibility index (Phi) is 2.99. The third-order valence-electron chi connectivity index (χ3n) is 1.89. The first-order valence-electron chi connectivity index (χ1n) is 4.12. The average molecular weight is 278 g/mol. The van der Waals surface area contributed by atoms with Crippen molar-refractivity contribution in [2.45, 2.75) is 0 Å². The first kappa shape index (κ1) is 11.8. The van der Waals surface area contributed by atoms with Crippen LogP contribution in [0, 0.1) is 21.7 Å². The molecule has 2 aromatic rings. The highest BCUT2D eigenvalue weighted by Gasteiger charge is 2.24. The lowest BCUT2D eigenvalue weighted by Crippen LogP contribution is -1.98. The minimum absolute atomic E-state index is 0.00898. The molecule has 5 nitrogen and oxygen atoms in total. The van der Waals surface area contributed by atoms with E-state index in [4.69, 9.17) is 11.6 Å². The second kappa shape index (κ2) is 4.30. The van der Waals surface area contributed by atoms with Gasteiger partial charge in [0.2, 0.25) is 10.3 Å². The van der Waals surface area contributed by atoms with Crippen LogP contribution in [0.1, 0.15) is 0 Å². The molecule has 1 heterocycles. The summed E-state index contributed by atoms with van der Waals surface area (Å²) >= 11 is 6.22. The number of hydrogen-bond donors (Lipinski definition) is 0. The van der Waals surface area contributed by atoms with Gasteiger partial charge in [0.05, 0.1) is 10.5 Å². The van der Waals surface area contributed by atoms with Crippen LogP contribution in [0.4, 0.5) is 14.5 Å². The molecular weight excluding hydrogens is 276 g/mol. The van der Waals surface area contributed by atoms with Crippen LogP contribution in [-0.2, 0) is 0 Å². The van der Waals surface area contributed by atoms with E-state index in [0.29, 0.717) is 0 Å². The molecule has 0 spiro atoms. The second-order valence-electron chi connectivity index (χ2n) is 2.88. The van der Waals surface area contributed by atoms with E-state index in [0.717, 1.165) is 23.7 Å². The average Bonchev–Trinajstić information content (AvgIpc) is 2.64. The number of nitro groups is 1. The molecule has 88 valence electrons. The molecular formula is C8H2ClF2N3O2S. The summed E-state index contributed by atoms with van der Waals surface area (Å²) in [7, 11) is 0. The van der Waals surface area contributed by atoms with Gasteiger partial charge in [-0.3, -0.25) is 10.1 Å². The number of aromatic nitrogens is 2. The molecule has 1 aromatic carbocycles. The summed E-state index contributed by atoms with van der Waals surface area (Å²) in [5.74, 6) is -2.61. The van der Waals surface area contributed by atoms with Crippen LogP contribution in [0.3, 0.4) is 0 Å². The van der Waals surface area contributed by atoms with Crippen LogP contribution in [0.5, 0.6) is 0 Å². The molecule has 0 amide bonds. The molecule has 0 radical (unpaired) electrons.